The Hall–Kier alpha value is -1.59. The summed E-state index contributed by atoms with van der Waals surface area (Å²) in [6.07, 6.45) is 2.62. The Kier molecular flexibility index (Phi) is 5.45. The van der Waals surface area contributed by atoms with Crippen molar-refractivity contribution in [3.8, 4) is 0 Å². The first-order chi connectivity index (χ1) is 8.13. The molecule has 0 saturated carbocycles. The fraction of sp³-hybridized carbons (Fsp3) is 0.727. The molecule has 6 heteroatoms. The van der Waals surface area contributed by atoms with Crippen molar-refractivity contribution < 1.29 is 0 Å². The lowest BCUT2D eigenvalue weighted by Gasteiger charge is -2.08. The van der Waals surface area contributed by atoms with E-state index < -0.39 is 0 Å². The topological polar surface area (TPSA) is 81.1 Å². The minimum Gasteiger partial charge on any atom is -0.370 e. The Balaban J connectivity index is 2.30. The third-order valence-electron chi connectivity index (χ3n) is 2.30. The first kappa shape index (κ1) is 13.5. The summed E-state index contributed by atoms with van der Waals surface area (Å²) in [5, 5.41) is 11.0. The van der Waals surface area contributed by atoms with E-state index in [1.807, 2.05) is 4.57 Å². The molecule has 0 saturated heterocycles. The van der Waals surface area contributed by atoms with Crippen molar-refractivity contribution in [2.45, 2.75) is 33.7 Å². The highest BCUT2D eigenvalue weighted by Crippen LogP contribution is 1.94. The fourth-order valence-corrected chi connectivity index (χ4v) is 1.38. The molecule has 0 unspecified atom stereocenters. The van der Waals surface area contributed by atoms with Crippen LogP contribution in [0.15, 0.2) is 11.3 Å². The summed E-state index contributed by atoms with van der Waals surface area (Å²) in [5.74, 6) is 2.02. The molecule has 0 spiro atoms. The number of hydrogen-bond donors (Lipinski definition) is 2. The molecule has 1 heterocycles. The SMILES string of the molecule is CCc1nncn1CCNC(N)=NCC(C)C. The lowest BCUT2D eigenvalue weighted by atomic mass is 10.2. The van der Waals surface area contributed by atoms with Gasteiger partial charge in [-0.3, -0.25) is 4.99 Å². The maximum absolute atomic E-state index is 5.73. The second kappa shape index (κ2) is 6.88. The summed E-state index contributed by atoms with van der Waals surface area (Å²) in [7, 11) is 0. The zero-order valence-corrected chi connectivity index (χ0v) is 10.8. The van der Waals surface area contributed by atoms with Gasteiger partial charge in [0.25, 0.3) is 0 Å². The average Bonchev–Trinajstić information content (AvgIpc) is 2.74. The highest BCUT2D eigenvalue weighted by atomic mass is 15.3. The zero-order chi connectivity index (χ0) is 12.7. The van der Waals surface area contributed by atoms with Crippen LogP contribution in [-0.2, 0) is 13.0 Å². The van der Waals surface area contributed by atoms with Crippen molar-refractivity contribution in [1.82, 2.24) is 20.1 Å². The van der Waals surface area contributed by atoms with Crippen LogP contribution in [0.3, 0.4) is 0 Å². The van der Waals surface area contributed by atoms with Crippen molar-refractivity contribution in [3.63, 3.8) is 0 Å². The molecule has 0 radical (unpaired) electrons. The molecule has 0 fully saturated rings. The molecular weight excluding hydrogens is 216 g/mol. The number of aryl methyl sites for hydroxylation is 1. The van der Waals surface area contributed by atoms with Crippen molar-refractivity contribution in [2.24, 2.45) is 16.6 Å². The number of aliphatic imine (C=N–C) groups is 1. The molecule has 0 bridgehead atoms. The van der Waals surface area contributed by atoms with Crippen LogP contribution < -0.4 is 11.1 Å². The van der Waals surface area contributed by atoms with Gasteiger partial charge in [-0.05, 0) is 5.92 Å². The van der Waals surface area contributed by atoms with Gasteiger partial charge in [0.15, 0.2) is 5.96 Å². The van der Waals surface area contributed by atoms with Crippen LogP contribution in [0.5, 0.6) is 0 Å². The number of hydrogen-bond acceptors (Lipinski definition) is 3. The van der Waals surface area contributed by atoms with Crippen molar-refractivity contribution in [1.29, 1.82) is 0 Å². The minimum atomic E-state index is 0.504. The highest BCUT2D eigenvalue weighted by Gasteiger charge is 2.00. The minimum absolute atomic E-state index is 0.504. The number of guanidine groups is 1. The third-order valence-corrected chi connectivity index (χ3v) is 2.30. The summed E-state index contributed by atoms with van der Waals surface area (Å²) >= 11 is 0. The van der Waals surface area contributed by atoms with E-state index in [-0.39, 0.29) is 0 Å². The number of nitrogens with one attached hydrogen (secondary N) is 1. The molecule has 0 aromatic carbocycles. The predicted molar refractivity (Wildman–Crippen MR) is 68.7 cm³/mol. The Bertz CT molecular complexity index is 355. The zero-order valence-electron chi connectivity index (χ0n) is 10.8. The van der Waals surface area contributed by atoms with Gasteiger partial charge in [-0.25, -0.2) is 0 Å². The molecular formula is C11H22N6. The number of rotatable bonds is 6. The van der Waals surface area contributed by atoms with Crippen molar-refractivity contribution >= 4 is 5.96 Å². The lowest BCUT2D eigenvalue weighted by molar-refractivity contribution is 0.631. The second-order valence-corrected chi connectivity index (χ2v) is 4.34. The van der Waals surface area contributed by atoms with Crippen LogP contribution in [0.25, 0.3) is 0 Å². The highest BCUT2D eigenvalue weighted by molar-refractivity contribution is 5.77. The monoisotopic (exact) mass is 238 g/mol. The van der Waals surface area contributed by atoms with E-state index in [0.717, 1.165) is 31.9 Å². The van der Waals surface area contributed by atoms with E-state index in [1.54, 1.807) is 6.33 Å². The molecule has 0 atom stereocenters. The Morgan fingerprint density at radius 1 is 1.59 bits per heavy atom. The Morgan fingerprint density at radius 3 is 3.00 bits per heavy atom. The number of nitrogens with zero attached hydrogens (tertiary/aromatic N) is 4. The van der Waals surface area contributed by atoms with Gasteiger partial charge in [0.1, 0.15) is 12.2 Å². The summed E-state index contributed by atoms with van der Waals surface area (Å²) in [5.41, 5.74) is 5.73. The van der Waals surface area contributed by atoms with E-state index in [1.165, 1.54) is 0 Å². The molecule has 0 aliphatic rings. The van der Waals surface area contributed by atoms with Gasteiger partial charge in [-0.2, -0.15) is 0 Å². The van der Waals surface area contributed by atoms with Gasteiger partial charge in [-0.1, -0.05) is 20.8 Å². The fourth-order valence-electron chi connectivity index (χ4n) is 1.38. The van der Waals surface area contributed by atoms with Crippen LogP contribution in [0.1, 0.15) is 26.6 Å². The number of aromatic nitrogens is 3. The quantitative estimate of drug-likeness (QED) is 0.555. The molecule has 96 valence electrons. The molecule has 1 rings (SSSR count). The molecule has 0 aliphatic heterocycles. The van der Waals surface area contributed by atoms with Crippen molar-refractivity contribution in [2.75, 3.05) is 13.1 Å². The summed E-state index contributed by atoms with van der Waals surface area (Å²) < 4.78 is 2.02. The maximum Gasteiger partial charge on any atom is 0.188 e. The molecule has 0 aliphatic carbocycles. The standard InChI is InChI=1S/C11H22N6/c1-4-10-16-15-8-17(10)6-5-13-11(12)14-7-9(2)3/h8-9H,4-7H2,1-3H3,(H3,12,13,14). The molecule has 0 amide bonds. The molecule has 6 nitrogen and oxygen atoms in total. The van der Waals surface area contributed by atoms with Gasteiger partial charge < -0.3 is 15.6 Å². The largest absolute Gasteiger partial charge is 0.370 e. The van der Waals surface area contributed by atoms with Crippen LogP contribution in [0.2, 0.25) is 0 Å². The Morgan fingerprint density at radius 2 is 2.35 bits per heavy atom. The van der Waals surface area contributed by atoms with Gasteiger partial charge in [0.2, 0.25) is 0 Å². The lowest BCUT2D eigenvalue weighted by Crippen LogP contribution is -2.34. The molecule has 3 N–H and O–H groups in total. The van der Waals surface area contributed by atoms with Crippen LogP contribution in [-0.4, -0.2) is 33.8 Å². The maximum atomic E-state index is 5.73. The van der Waals surface area contributed by atoms with Gasteiger partial charge in [0, 0.05) is 26.1 Å². The predicted octanol–water partition coefficient (Wildman–Crippen LogP) is 0.401. The van der Waals surface area contributed by atoms with Crippen LogP contribution in [0, 0.1) is 5.92 Å². The molecule has 17 heavy (non-hydrogen) atoms. The molecule has 1 aromatic rings. The summed E-state index contributed by atoms with van der Waals surface area (Å²) in [6.45, 7) is 8.58. The van der Waals surface area contributed by atoms with E-state index in [2.05, 4.69) is 41.3 Å². The first-order valence-corrected chi connectivity index (χ1v) is 6.04. The van der Waals surface area contributed by atoms with E-state index in [4.69, 9.17) is 5.73 Å². The van der Waals surface area contributed by atoms with Gasteiger partial charge in [0.05, 0.1) is 0 Å². The molecule has 1 aromatic heterocycles. The van der Waals surface area contributed by atoms with E-state index in [9.17, 15) is 0 Å². The third kappa shape index (κ3) is 4.84. The van der Waals surface area contributed by atoms with Crippen LogP contribution in [0.4, 0.5) is 0 Å². The van der Waals surface area contributed by atoms with Gasteiger partial charge >= 0.3 is 0 Å². The van der Waals surface area contributed by atoms with E-state index >= 15 is 0 Å². The first-order valence-electron chi connectivity index (χ1n) is 6.04. The summed E-state index contributed by atoms with van der Waals surface area (Å²) in [6, 6.07) is 0. The summed E-state index contributed by atoms with van der Waals surface area (Å²) in [4.78, 5) is 4.23. The Labute approximate surface area is 102 Å². The second-order valence-electron chi connectivity index (χ2n) is 4.34. The average molecular weight is 238 g/mol. The number of nitrogens with two attached hydrogens (primary N) is 1. The van der Waals surface area contributed by atoms with E-state index in [0.29, 0.717) is 11.9 Å². The van der Waals surface area contributed by atoms with Gasteiger partial charge in [-0.15, -0.1) is 10.2 Å². The van der Waals surface area contributed by atoms with Crippen LogP contribution >= 0.6 is 0 Å². The van der Waals surface area contributed by atoms with Crippen molar-refractivity contribution in [3.05, 3.63) is 12.2 Å². The smallest absolute Gasteiger partial charge is 0.188 e. The normalized spacial score (nSPS) is 12.1.